The van der Waals surface area contributed by atoms with Crippen LogP contribution < -0.4 is 0 Å². The van der Waals surface area contributed by atoms with Crippen molar-refractivity contribution in [1.29, 1.82) is 0 Å². The lowest BCUT2D eigenvalue weighted by Gasteiger charge is -2.27. The van der Waals surface area contributed by atoms with E-state index in [1.807, 2.05) is 35.8 Å². The van der Waals surface area contributed by atoms with E-state index in [9.17, 15) is 9.90 Å². The first-order chi connectivity index (χ1) is 13.0. The molecule has 0 saturated carbocycles. The largest absolute Gasteiger partial charge is 0.396 e. The van der Waals surface area contributed by atoms with Crippen LogP contribution in [-0.2, 0) is 13.5 Å². The summed E-state index contributed by atoms with van der Waals surface area (Å²) in [5.74, 6) is 1.26. The summed E-state index contributed by atoms with van der Waals surface area (Å²) in [4.78, 5) is 29.8. The summed E-state index contributed by atoms with van der Waals surface area (Å²) in [6.07, 6.45) is 7.82. The highest BCUT2D eigenvalue weighted by atomic mass is 16.3. The van der Waals surface area contributed by atoms with Crippen molar-refractivity contribution in [2.45, 2.75) is 13.3 Å². The first-order valence-electron chi connectivity index (χ1n) is 9.38. The number of aryl methyl sites for hydroxylation is 2. The van der Waals surface area contributed by atoms with Crippen molar-refractivity contribution >= 4 is 5.91 Å². The molecule has 8 heteroatoms. The summed E-state index contributed by atoms with van der Waals surface area (Å²) in [7, 11) is 2.01. The summed E-state index contributed by atoms with van der Waals surface area (Å²) >= 11 is 0. The van der Waals surface area contributed by atoms with Crippen molar-refractivity contribution in [2.75, 3.05) is 39.3 Å². The molecule has 2 unspecified atom stereocenters. The highest BCUT2D eigenvalue weighted by Crippen LogP contribution is 2.42. The van der Waals surface area contributed by atoms with E-state index >= 15 is 0 Å². The minimum absolute atomic E-state index is 0.0933. The van der Waals surface area contributed by atoms with Gasteiger partial charge < -0.3 is 19.5 Å². The molecule has 2 atom stereocenters. The second-order valence-electron chi connectivity index (χ2n) is 7.89. The number of aromatic nitrogens is 4. The Balaban J connectivity index is 1.40. The van der Waals surface area contributed by atoms with Crippen LogP contribution in [0.25, 0.3) is 0 Å². The zero-order valence-electron chi connectivity index (χ0n) is 15.9. The molecule has 2 aromatic heterocycles. The van der Waals surface area contributed by atoms with E-state index < -0.39 is 0 Å². The van der Waals surface area contributed by atoms with Crippen LogP contribution in [0.1, 0.15) is 22.0 Å². The Hall–Kier alpha value is -2.32. The number of carbonyl (C=O) groups excluding carboxylic acids is 1. The Morgan fingerprint density at radius 3 is 2.74 bits per heavy atom. The minimum Gasteiger partial charge on any atom is -0.396 e. The van der Waals surface area contributed by atoms with E-state index in [2.05, 4.69) is 19.9 Å². The Morgan fingerprint density at radius 1 is 1.26 bits per heavy atom. The van der Waals surface area contributed by atoms with Crippen molar-refractivity contribution in [1.82, 2.24) is 29.3 Å². The lowest BCUT2D eigenvalue weighted by Crippen LogP contribution is -2.39. The maximum Gasteiger partial charge on any atom is 0.274 e. The van der Waals surface area contributed by atoms with Crippen molar-refractivity contribution in [3.8, 4) is 0 Å². The molecule has 2 aliphatic rings. The number of amides is 1. The molecule has 4 rings (SSSR count). The van der Waals surface area contributed by atoms with Crippen LogP contribution in [0.15, 0.2) is 24.8 Å². The molecule has 1 amide bonds. The number of likely N-dealkylation sites (tertiary alicyclic amines) is 2. The molecule has 2 aromatic rings. The summed E-state index contributed by atoms with van der Waals surface area (Å²) in [6.45, 7) is 5.80. The number of nitrogens with zero attached hydrogens (tertiary/aromatic N) is 6. The fourth-order valence-electron chi connectivity index (χ4n) is 4.40. The smallest absolute Gasteiger partial charge is 0.274 e. The number of rotatable bonds is 5. The van der Waals surface area contributed by atoms with E-state index in [4.69, 9.17) is 0 Å². The zero-order chi connectivity index (χ0) is 19.0. The highest BCUT2D eigenvalue weighted by molar-refractivity contribution is 5.92. The number of aliphatic hydroxyl groups is 1. The van der Waals surface area contributed by atoms with Crippen molar-refractivity contribution < 1.29 is 9.90 Å². The van der Waals surface area contributed by atoms with Crippen LogP contribution >= 0.6 is 0 Å². The maximum atomic E-state index is 12.8. The molecule has 144 valence electrons. The second-order valence-corrected chi connectivity index (χ2v) is 7.89. The third-order valence-electron chi connectivity index (χ3n) is 6.00. The third-order valence-corrected chi connectivity index (χ3v) is 6.00. The molecule has 8 nitrogen and oxygen atoms in total. The van der Waals surface area contributed by atoms with Gasteiger partial charge in [-0.1, -0.05) is 0 Å². The Bertz CT molecular complexity index is 820. The maximum absolute atomic E-state index is 12.8. The molecule has 0 aromatic carbocycles. The molecule has 0 bridgehead atoms. The highest BCUT2D eigenvalue weighted by Gasteiger charge is 2.53. The molecule has 2 fully saturated rings. The lowest BCUT2D eigenvalue weighted by atomic mass is 9.82. The van der Waals surface area contributed by atoms with Crippen LogP contribution in [0, 0.1) is 18.3 Å². The normalized spacial score (nSPS) is 25.1. The summed E-state index contributed by atoms with van der Waals surface area (Å²) in [6, 6.07) is 0. The van der Waals surface area contributed by atoms with Crippen LogP contribution in [0.3, 0.4) is 0 Å². The SMILES string of the molecule is Cc1cnc(C(=O)N2CC3CN(CCc4nccn4C)CC3(CO)C2)cn1. The number of aliphatic hydroxyl groups excluding tert-OH is 1. The van der Waals surface area contributed by atoms with Gasteiger partial charge >= 0.3 is 0 Å². The fraction of sp³-hybridized carbons (Fsp3) is 0.579. The van der Waals surface area contributed by atoms with Crippen molar-refractivity contribution in [3.05, 3.63) is 42.0 Å². The van der Waals surface area contributed by atoms with Gasteiger partial charge in [-0.05, 0) is 12.8 Å². The first-order valence-corrected chi connectivity index (χ1v) is 9.38. The Kier molecular flexibility index (Phi) is 4.69. The summed E-state index contributed by atoms with van der Waals surface area (Å²) < 4.78 is 2.04. The Morgan fingerprint density at radius 2 is 2.11 bits per heavy atom. The van der Waals surface area contributed by atoms with Crippen LogP contribution in [0.2, 0.25) is 0 Å². The van der Waals surface area contributed by atoms with Gasteiger partial charge in [0, 0.05) is 70.2 Å². The molecule has 0 spiro atoms. The molecule has 4 heterocycles. The number of imidazole rings is 1. The monoisotopic (exact) mass is 370 g/mol. The topological polar surface area (TPSA) is 87.4 Å². The minimum atomic E-state index is -0.241. The molecule has 27 heavy (non-hydrogen) atoms. The quantitative estimate of drug-likeness (QED) is 0.805. The standard InChI is InChI=1S/C19H26N6O2/c1-14-7-22-16(8-21-14)18(27)25-10-15-9-24(11-19(15,12-25)13-26)5-3-17-20-4-6-23(17)2/h4,6-8,15,26H,3,5,9-13H2,1-2H3. The Labute approximate surface area is 158 Å². The summed E-state index contributed by atoms with van der Waals surface area (Å²) in [5, 5.41) is 10.1. The van der Waals surface area contributed by atoms with Gasteiger partial charge in [0.2, 0.25) is 0 Å². The van der Waals surface area contributed by atoms with Gasteiger partial charge in [-0.3, -0.25) is 9.78 Å². The number of carbonyl (C=O) groups is 1. The molecule has 2 aliphatic heterocycles. The zero-order valence-corrected chi connectivity index (χ0v) is 15.9. The van der Waals surface area contributed by atoms with Crippen molar-refractivity contribution in [2.24, 2.45) is 18.4 Å². The third kappa shape index (κ3) is 3.35. The average molecular weight is 370 g/mol. The molecule has 0 radical (unpaired) electrons. The van der Waals surface area contributed by atoms with Gasteiger partial charge in [0.25, 0.3) is 5.91 Å². The number of hydrogen-bond donors (Lipinski definition) is 1. The van der Waals surface area contributed by atoms with Gasteiger partial charge in [0.05, 0.1) is 18.5 Å². The predicted molar refractivity (Wildman–Crippen MR) is 99.0 cm³/mol. The predicted octanol–water partition coefficient (Wildman–Crippen LogP) is 0.128. The van der Waals surface area contributed by atoms with Gasteiger partial charge in [0.1, 0.15) is 11.5 Å². The van der Waals surface area contributed by atoms with E-state index in [0.29, 0.717) is 18.8 Å². The fourth-order valence-corrected chi connectivity index (χ4v) is 4.40. The van der Waals surface area contributed by atoms with E-state index in [-0.39, 0.29) is 23.8 Å². The van der Waals surface area contributed by atoms with Crippen LogP contribution in [0.5, 0.6) is 0 Å². The van der Waals surface area contributed by atoms with Gasteiger partial charge in [-0.2, -0.15) is 0 Å². The molecule has 1 N–H and O–H groups in total. The second kappa shape index (κ2) is 7.01. The summed E-state index contributed by atoms with van der Waals surface area (Å²) in [5.41, 5.74) is 0.926. The van der Waals surface area contributed by atoms with Crippen LogP contribution in [-0.4, -0.2) is 79.7 Å². The van der Waals surface area contributed by atoms with Crippen molar-refractivity contribution in [3.63, 3.8) is 0 Å². The number of fused-ring (bicyclic) bond motifs is 1. The average Bonchev–Trinajstić information content (AvgIpc) is 3.32. The van der Waals surface area contributed by atoms with Gasteiger partial charge in [-0.15, -0.1) is 0 Å². The van der Waals surface area contributed by atoms with E-state index in [0.717, 1.165) is 37.6 Å². The van der Waals surface area contributed by atoms with Gasteiger partial charge in [-0.25, -0.2) is 9.97 Å². The van der Waals surface area contributed by atoms with Crippen LogP contribution in [0.4, 0.5) is 0 Å². The lowest BCUT2D eigenvalue weighted by molar-refractivity contribution is 0.0715. The molecular formula is C19H26N6O2. The first kappa shape index (κ1) is 18.1. The molecule has 0 aliphatic carbocycles. The van der Waals surface area contributed by atoms with E-state index in [1.165, 1.54) is 6.20 Å². The van der Waals surface area contributed by atoms with E-state index in [1.54, 1.807) is 6.20 Å². The number of hydrogen-bond acceptors (Lipinski definition) is 6. The van der Waals surface area contributed by atoms with Gasteiger partial charge in [0.15, 0.2) is 0 Å². The molecule has 2 saturated heterocycles. The molecular weight excluding hydrogens is 344 g/mol.